The van der Waals surface area contributed by atoms with Crippen LogP contribution in [0.25, 0.3) is 0 Å². The van der Waals surface area contributed by atoms with E-state index in [4.69, 9.17) is 9.47 Å². The first-order valence-electron chi connectivity index (χ1n) is 6.79. The van der Waals surface area contributed by atoms with Gasteiger partial charge in [-0.15, -0.1) is 0 Å². The van der Waals surface area contributed by atoms with Crippen LogP contribution in [0.4, 0.5) is 0 Å². The summed E-state index contributed by atoms with van der Waals surface area (Å²) in [6.45, 7) is 4.84. The maximum atomic E-state index is 6.00. The third-order valence-electron chi connectivity index (χ3n) is 2.92. The van der Waals surface area contributed by atoms with Crippen molar-refractivity contribution in [3.63, 3.8) is 0 Å². The van der Waals surface area contributed by atoms with Crippen LogP contribution in [0.15, 0.2) is 42.5 Å². The van der Waals surface area contributed by atoms with E-state index in [-0.39, 0.29) is 0 Å². The topological polar surface area (TPSA) is 18.5 Å². The van der Waals surface area contributed by atoms with E-state index < -0.39 is 0 Å². The Morgan fingerprint density at radius 3 is 2.40 bits per heavy atom. The van der Waals surface area contributed by atoms with Gasteiger partial charge in [-0.25, -0.2) is 0 Å². The van der Waals surface area contributed by atoms with Crippen LogP contribution in [0, 0.1) is 6.92 Å². The van der Waals surface area contributed by atoms with Crippen molar-refractivity contribution < 1.29 is 9.47 Å². The Morgan fingerprint density at radius 1 is 1.00 bits per heavy atom. The molecule has 0 saturated heterocycles. The van der Waals surface area contributed by atoms with Gasteiger partial charge in [0.2, 0.25) is 0 Å². The summed E-state index contributed by atoms with van der Waals surface area (Å²) in [5.74, 6) is 2.41. The first kappa shape index (κ1) is 14.9. The molecule has 0 unspecified atom stereocenters. The smallest absolute Gasteiger partial charge is 0.169 e. The highest BCUT2D eigenvalue weighted by Gasteiger charge is 2.07. The monoisotopic (exact) mass is 334 g/mol. The number of para-hydroxylation sites is 2. The number of rotatable bonds is 6. The SMILES string of the molecule is CCCOc1ccccc1Oc1ccc(CBr)cc1C. The number of aryl methyl sites for hydroxylation is 1. The van der Waals surface area contributed by atoms with Gasteiger partial charge in [-0.05, 0) is 42.7 Å². The standard InChI is InChI=1S/C17H19BrO2/c1-3-10-19-16-6-4-5-7-17(16)20-15-9-8-14(12-18)11-13(15)2/h4-9,11H,3,10,12H2,1-2H3. The molecule has 0 atom stereocenters. The van der Waals surface area contributed by atoms with Crippen LogP contribution in [-0.4, -0.2) is 6.61 Å². The lowest BCUT2D eigenvalue weighted by Crippen LogP contribution is -1.97. The molecule has 0 aromatic heterocycles. The van der Waals surface area contributed by atoms with Crippen molar-refractivity contribution in [3.05, 3.63) is 53.6 Å². The number of hydrogen-bond acceptors (Lipinski definition) is 2. The van der Waals surface area contributed by atoms with E-state index in [0.29, 0.717) is 6.61 Å². The number of hydrogen-bond donors (Lipinski definition) is 0. The zero-order chi connectivity index (χ0) is 14.4. The van der Waals surface area contributed by atoms with Crippen molar-refractivity contribution in [2.24, 2.45) is 0 Å². The summed E-state index contributed by atoms with van der Waals surface area (Å²) in [7, 11) is 0. The molecule has 0 spiro atoms. The highest BCUT2D eigenvalue weighted by Crippen LogP contribution is 2.33. The Morgan fingerprint density at radius 2 is 1.75 bits per heavy atom. The van der Waals surface area contributed by atoms with Crippen LogP contribution in [0.5, 0.6) is 17.2 Å². The molecule has 0 aliphatic heterocycles. The molecule has 0 saturated carbocycles. The molecule has 2 aromatic rings. The van der Waals surface area contributed by atoms with Crippen molar-refractivity contribution in [3.8, 4) is 17.2 Å². The Hall–Kier alpha value is -1.48. The summed E-state index contributed by atoms with van der Waals surface area (Å²) in [5, 5.41) is 0.852. The third kappa shape index (κ3) is 3.76. The average Bonchev–Trinajstić information content (AvgIpc) is 2.48. The van der Waals surface area contributed by atoms with Gasteiger partial charge in [0, 0.05) is 5.33 Å². The molecule has 0 radical (unpaired) electrons. The predicted molar refractivity (Wildman–Crippen MR) is 86.1 cm³/mol. The molecule has 0 fully saturated rings. The lowest BCUT2D eigenvalue weighted by molar-refractivity contribution is 0.302. The minimum absolute atomic E-state index is 0.696. The molecule has 0 N–H and O–H groups in total. The minimum Gasteiger partial charge on any atom is -0.490 e. The van der Waals surface area contributed by atoms with Crippen molar-refractivity contribution >= 4 is 15.9 Å². The van der Waals surface area contributed by atoms with Crippen LogP contribution in [0.2, 0.25) is 0 Å². The van der Waals surface area contributed by atoms with Gasteiger partial charge in [-0.2, -0.15) is 0 Å². The minimum atomic E-state index is 0.696. The Kier molecular flexibility index (Phi) is 5.48. The van der Waals surface area contributed by atoms with Gasteiger partial charge in [-0.1, -0.05) is 47.1 Å². The largest absolute Gasteiger partial charge is 0.490 e. The zero-order valence-corrected chi connectivity index (χ0v) is 13.4. The van der Waals surface area contributed by atoms with Gasteiger partial charge in [-0.3, -0.25) is 0 Å². The van der Waals surface area contributed by atoms with E-state index in [2.05, 4.69) is 41.9 Å². The van der Waals surface area contributed by atoms with Crippen molar-refractivity contribution in [1.82, 2.24) is 0 Å². The van der Waals surface area contributed by atoms with E-state index in [0.717, 1.165) is 34.6 Å². The lowest BCUT2D eigenvalue weighted by Gasteiger charge is -2.13. The molecule has 0 bridgehead atoms. The van der Waals surface area contributed by atoms with Gasteiger partial charge < -0.3 is 9.47 Å². The van der Waals surface area contributed by atoms with Crippen LogP contribution in [0.3, 0.4) is 0 Å². The van der Waals surface area contributed by atoms with Crippen LogP contribution < -0.4 is 9.47 Å². The Bertz CT molecular complexity index is 567. The zero-order valence-electron chi connectivity index (χ0n) is 11.9. The van der Waals surface area contributed by atoms with E-state index >= 15 is 0 Å². The highest BCUT2D eigenvalue weighted by molar-refractivity contribution is 9.08. The molecule has 2 aromatic carbocycles. The van der Waals surface area contributed by atoms with Crippen LogP contribution in [0.1, 0.15) is 24.5 Å². The quantitative estimate of drug-likeness (QED) is 0.652. The maximum Gasteiger partial charge on any atom is 0.169 e. The van der Waals surface area contributed by atoms with E-state index in [1.54, 1.807) is 0 Å². The van der Waals surface area contributed by atoms with Crippen molar-refractivity contribution in [2.75, 3.05) is 6.61 Å². The van der Waals surface area contributed by atoms with Gasteiger partial charge in [0.05, 0.1) is 6.61 Å². The third-order valence-corrected chi connectivity index (χ3v) is 3.57. The predicted octanol–water partition coefficient (Wildman–Crippen LogP) is 5.47. The second-order valence-corrected chi connectivity index (χ2v) is 5.19. The molecule has 106 valence electrons. The highest BCUT2D eigenvalue weighted by atomic mass is 79.9. The number of halogens is 1. The molecular weight excluding hydrogens is 316 g/mol. The molecule has 0 heterocycles. The summed E-state index contributed by atoms with van der Waals surface area (Å²) in [6, 6.07) is 14.0. The van der Waals surface area contributed by atoms with Crippen molar-refractivity contribution in [1.29, 1.82) is 0 Å². The fourth-order valence-corrected chi connectivity index (χ4v) is 2.24. The lowest BCUT2D eigenvalue weighted by atomic mass is 10.1. The number of ether oxygens (including phenoxy) is 2. The van der Waals surface area contributed by atoms with Gasteiger partial charge >= 0.3 is 0 Å². The number of benzene rings is 2. The first-order valence-corrected chi connectivity index (χ1v) is 7.92. The summed E-state index contributed by atoms with van der Waals surface area (Å²) in [4.78, 5) is 0. The van der Waals surface area contributed by atoms with E-state index in [9.17, 15) is 0 Å². The summed E-state index contributed by atoms with van der Waals surface area (Å²) in [5.41, 5.74) is 2.36. The molecule has 2 nitrogen and oxygen atoms in total. The summed E-state index contributed by atoms with van der Waals surface area (Å²) >= 11 is 3.46. The van der Waals surface area contributed by atoms with Crippen LogP contribution in [-0.2, 0) is 5.33 Å². The normalized spacial score (nSPS) is 10.3. The molecule has 0 aliphatic rings. The molecular formula is C17H19BrO2. The Balaban J connectivity index is 2.21. The second-order valence-electron chi connectivity index (χ2n) is 4.63. The molecule has 0 amide bonds. The van der Waals surface area contributed by atoms with E-state index in [1.165, 1.54) is 5.56 Å². The first-order chi connectivity index (χ1) is 9.74. The maximum absolute atomic E-state index is 6.00. The fraction of sp³-hybridized carbons (Fsp3) is 0.294. The fourth-order valence-electron chi connectivity index (χ4n) is 1.89. The van der Waals surface area contributed by atoms with Gasteiger partial charge in [0.25, 0.3) is 0 Å². The molecule has 2 rings (SSSR count). The number of alkyl halides is 1. The van der Waals surface area contributed by atoms with Crippen LogP contribution >= 0.6 is 15.9 Å². The van der Waals surface area contributed by atoms with Gasteiger partial charge in [0.1, 0.15) is 5.75 Å². The molecule has 20 heavy (non-hydrogen) atoms. The molecule has 0 aliphatic carbocycles. The Labute approximate surface area is 128 Å². The molecule has 3 heteroatoms. The van der Waals surface area contributed by atoms with Crippen molar-refractivity contribution in [2.45, 2.75) is 25.6 Å². The average molecular weight is 335 g/mol. The summed E-state index contributed by atoms with van der Waals surface area (Å²) < 4.78 is 11.7. The van der Waals surface area contributed by atoms with Gasteiger partial charge in [0.15, 0.2) is 11.5 Å². The summed E-state index contributed by atoms with van der Waals surface area (Å²) in [6.07, 6.45) is 0.979. The second kappa shape index (κ2) is 7.34. The van der Waals surface area contributed by atoms with E-state index in [1.807, 2.05) is 30.3 Å².